The van der Waals surface area contributed by atoms with Crippen LogP contribution in [-0.2, 0) is 4.74 Å². The number of ether oxygens (including phenoxy) is 1. The molecule has 1 atom stereocenters. The summed E-state index contributed by atoms with van der Waals surface area (Å²) in [6.45, 7) is 6.00. The van der Waals surface area contributed by atoms with E-state index < -0.39 is 0 Å². The Bertz CT molecular complexity index is 447. The minimum Gasteiger partial charge on any atom is -0.374 e. The molecule has 1 aromatic carbocycles. The van der Waals surface area contributed by atoms with Gasteiger partial charge in [0.05, 0.1) is 12.7 Å². The van der Waals surface area contributed by atoms with Crippen LogP contribution in [0.25, 0.3) is 0 Å². The molecule has 0 spiro atoms. The molecule has 0 aromatic heterocycles. The van der Waals surface area contributed by atoms with Crippen molar-refractivity contribution in [1.29, 1.82) is 0 Å². The Labute approximate surface area is 116 Å². The van der Waals surface area contributed by atoms with Crippen LogP contribution in [0.3, 0.4) is 0 Å². The van der Waals surface area contributed by atoms with Crippen LogP contribution in [0.5, 0.6) is 0 Å². The van der Waals surface area contributed by atoms with Crippen LogP contribution in [-0.4, -0.2) is 41.9 Å². The predicted octanol–water partition coefficient (Wildman–Crippen LogP) is 2.54. The van der Waals surface area contributed by atoms with Crippen LogP contribution in [0.1, 0.15) is 21.5 Å². The molecule has 1 amide bonds. The maximum Gasteiger partial charge on any atom is 0.254 e. The van der Waals surface area contributed by atoms with E-state index in [9.17, 15) is 4.79 Å². The first-order chi connectivity index (χ1) is 8.63. The lowest BCUT2D eigenvalue weighted by Gasteiger charge is -2.32. The van der Waals surface area contributed by atoms with Gasteiger partial charge < -0.3 is 9.64 Å². The molecule has 0 saturated carbocycles. The first kappa shape index (κ1) is 13.6. The van der Waals surface area contributed by atoms with Gasteiger partial charge in [-0.05, 0) is 31.0 Å². The lowest BCUT2D eigenvalue weighted by Crippen LogP contribution is -2.46. The highest BCUT2D eigenvalue weighted by Crippen LogP contribution is 2.17. The monoisotopic (exact) mass is 311 g/mol. The average molecular weight is 312 g/mol. The normalized spacial score (nSPS) is 19.9. The zero-order valence-corrected chi connectivity index (χ0v) is 12.4. The number of amides is 1. The van der Waals surface area contributed by atoms with E-state index in [1.165, 1.54) is 0 Å². The number of alkyl halides is 1. The zero-order chi connectivity index (χ0) is 13.1. The van der Waals surface area contributed by atoms with E-state index in [0.29, 0.717) is 19.7 Å². The van der Waals surface area contributed by atoms with Gasteiger partial charge in [0.15, 0.2) is 0 Å². The van der Waals surface area contributed by atoms with Gasteiger partial charge in [0.25, 0.3) is 5.91 Å². The average Bonchev–Trinajstić information content (AvgIpc) is 2.41. The number of benzene rings is 1. The van der Waals surface area contributed by atoms with Gasteiger partial charge in [0.2, 0.25) is 0 Å². The Morgan fingerprint density at radius 2 is 2.28 bits per heavy atom. The number of morpholine rings is 1. The lowest BCUT2D eigenvalue weighted by atomic mass is 10.0. The first-order valence-electron chi connectivity index (χ1n) is 6.16. The molecule has 0 aliphatic carbocycles. The van der Waals surface area contributed by atoms with Crippen molar-refractivity contribution in [3.8, 4) is 0 Å². The largest absolute Gasteiger partial charge is 0.374 e. The number of carbonyl (C=O) groups excluding carboxylic acids is 1. The second-order valence-corrected chi connectivity index (χ2v) is 5.29. The number of carbonyl (C=O) groups is 1. The topological polar surface area (TPSA) is 29.5 Å². The molecule has 1 saturated heterocycles. The van der Waals surface area contributed by atoms with E-state index in [1.54, 1.807) is 0 Å². The minimum absolute atomic E-state index is 0.104. The molecule has 98 valence electrons. The van der Waals surface area contributed by atoms with Crippen molar-refractivity contribution >= 4 is 21.8 Å². The smallest absolute Gasteiger partial charge is 0.254 e. The molecule has 1 aliphatic heterocycles. The molecule has 0 bridgehead atoms. The Morgan fingerprint density at radius 1 is 1.50 bits per heavy atom. The van der Waals surface area contributed by atoms with Gasteiger partial charge in [0, 0.05) is 24.0 Å². The molecule has 2 rings (SSSR count). The summed E-state index contributed by atoms with van der Waals surface area (Å²) in [6.07, 6.45) is 0.104. The highest BCUT2D eigenvalue weighted by Gasteiger charge is 2.25. The summed E-state index contributed by atoms with van der Waals surface area (Å²) in [6, 6.07) is 5.88. The lowest BCUT2D eigenvalue weighted by molar-refractivity contribution is -0.00968. The standard InChI is InChI=1S/C14H18BrNO2/c1-10-4-3-5-13(11(10)2)14(17)16-6-7-18-12(8-15)9-16/h3-5,12H,6-9H2,1-2H3. The predicted molar refractivity (Wildman–Crippen MR) is 75.4 cm³/mol. The fraction of sp³-hybridized carbons (Fsp3) is 0.500. The SMILES string of the molecule is Cc1cccc(C(=O)N2CCOC(CBr)C2)c1C. The third-order valence-electron chi connectivity index (χ3n) is 3.43. The van der Waals surface area contributed by atoms with Crippen LogP contribution in [0.2, 0.25) is 0 Å². The summed E-state index contributed by atoms with van der Waals surface area (Å²) in [4.78, 5) is 14.4. The van der Waals surface area contributed by atoms with Crippen molar-refractivity contribution < 1.29 is 9.53 Å². The number of hydrogen-bond acceptors (Lipinski definition) is 2. The van der Waals surface area contributed by atoms with Crippen molar-refractivity contribution in [3.05, 3.63) is 34.9 Å². The molecular formula is C14H18BrNO2. The Kier molecular flexibility index (Phi) is 4.40. The molecule has 1 aliphatic rings. The summed E-state index contributed by atoms with van der Waals surface area (Å²) < 4.78 is 5.56. The Balaban J connectivity index is 2.18. The quantitative estimate of drug-likeness (QED) is 0.786. The molecular weight excluding hydrogens is 294 g/mol. The number of hydrogen-bond donors (Lipinski definition) is 0. The van der Waals surface area contributed by atoms with E-state index in [4.69, 9.17) is 4.74 Å². The second kappa shape index (κ2) is 5.85. The highest BCUT2D eigenvalue weighted by atomic mass is 79.9. The van der Waals surface area contributed by atoms with Gasteiger partial charge in [-0.3, -0.25) is 4.79 Å². The Morgan fingerprint density at radius 3 is 3.00 bits per heavy atom. The molecule has 1 heterocycles. The fourth-order valence-corrected chi connectivity index (χ4v) is 2.54. The molecule has 1 fully saturated rings. The van der Waals surface area contributed by atoms with E-state index in [1.807, 2.05) is 36.9 Å². The van der Waals surface area contributed by atoms with Crippen LogP contribution in [0.4, 0.5) is 0 Å². The Hall–Kier alpha value is -0.870. The third-order valence-corrected chi connectivity index (χ3v) is 4.16. The van der Waals surface area contributed by atoms with Crippen molar-refractivity contribution in [3.63, 3.8) is 0 Å². The number of nitrogens with zero attached hydrogens (tertiary/aromatic N) is 1. The third kappa shape index (κ3) is 2.75. The van der Waals surface area contributed by atoms with Crippen molar-refractivity contribution in [2.75, 3.05) is 25.0 Å². The van der Waals surface area contributed by atoms with Crippen molar-refractivity contribution in [2.45, 2.75) is 20.0 Å². The van der Waals surface area contributed by atoms with Crippen LogP contribution >= 0.6 is 15.9 Å². The summed E-state index contributed by atoms with van der Waals surface area (Å²) >= 11 is 3.41. The van der Waals surface area contributed by atoms with Gasteiger partial charge >= 0.3 is 0 Å². The number of halogens is 1. The summed E-state index contributed by atoms with van der Waals surface area (Å²) in [5.41, 5.74) is 3.04. The maximum atomic E-state index is 12.5. The van der Waals surface area contributed by atoms with Gasteiger partial charge in [-0.15, -0.1) is 0 Å². The number of rotatable bonds is 2. The molecule has 0 N–H and O–H groups in total. The van der Waals surface area contributed by atoms with Crippen LogP contribution in [0.15, 0.2) is 18.2 Å². The molecule has 1 aromatic rings. The molecule has 18 heavy (non-hydrogen) atoms. The van der Waals surface area contributed by atoms with E-state index in [2.05, 4.69) is 15.9 Å². The van der Waals surface area contributed by atoms with Crippen LogP contribution < -0.4 is 0 Å². The van der Waals surface area contributed by atoms with E-state index in [0.717, 1.165) is 22.0 Å². The van der Waals surface area contributed by atoms with E-state index in [-0.39, 0.29) is 12.0 Å². The maximum absolute atomic E-state index is 12.5. The first-order valence-corrected chi connectivity index (χ1v) is 7.28. The van der Waals surface area contributed by atoms with Crippen molar-refractivity contribution in [1.82, 2.24) is 4.90 Å². The molecule has 3 nitrogen and oxygen atoms in total. The minimum atomic E-state index is 0.104. The number of aryl methyl sites for hydroxylation is 1. The van der Waals surface area contributed by atoms with Gasteiger partial charge in [-0.2, -0.15) is 0 Å². The molecule has 1 unspecified atom stereocenters. The summed E-state index contributed by atoms with van der Waals surface area (Å²) in [5, 5.41) is 0.767. The second-order valence-electron chi connectivity index (χ2n) is 4.65. The van der Waals surface area contributed by atoms with Crippen LogP contribution in [0, 0.1) is 13.8 Å². The van der Waals surface area contributed by atoms with Gasteiger partial charge in [-0.25, -0.2) is 0 Å². The highest BCUT2D eigenvalue weighted by molar-refractivity contribution is 9.09. The molecule has 0 radical (unpaired) electrons. The van der Waals surface area contributed by atoms with Crippen molar-refractivity contribution in [2.24, 2.45) is 0 Å². The summed E-state index contributed by atoms with van der Waals surface area (Å²) in [5.74, 6) is 0.116. The molecule has 4 heteroatoms. The van der Waals surface area contributed by atoms with Gasteiger partial charge in [0.1, 0.15) is 0 Å². The van der Waals surface area contributed by atoms with Gasteiger partial charge in [-0.1, -0.05) is 28.1 Å². The fourth-order valence-electron chi connectivity index (χ4n) is 2.15. The summed E-state index contributed by atoms with van der Waals surface area (Å²) in [7, 11) is 0. The zero-order valence-electron chi connectivity index (χ0n) is 10.8. The van der Waals surface area contributed by atoms with E-state index >= 15 is 0 Å².